The number of amides is 2. The van der Waals surface area contributed by atoms with Crippen LogP contribution in [0, 0.1) is 10.1 Å². The van der Waals surface area contributed by atoms with Crippen molar-refractivity contribution >= 4 is 39.2 Å². The van der Waals surface area contributed by atoms with Crippen LogP contribution < -0.4 is 15.6 Å². The lowest BCUT2D eigenvalue weighted by molar-refractivity contribution is -0.384. The van der Waals surface area contributed by atoms with Crippen molar-refractivity contribution in [3.05, 3.63) is 58.1 Å². The zero-order valence-corrected chi connectivity index (χ0v) is 15.0. The molecule has 2 amide bonds. The molecule has 0 aliphatic heterocycles. The number of benzene rings is 2. The number of aromatic hydroxyl groups is 1. The number of carbonyl (C=O) groups excluding carboxylic acids is 2. The van der Waals surface area contributed by atoms with Gasteiger partial charge in [-0.25, -0.2) is 13.2 Å². The van der Waals surface area contributed by atoms with Gasteiger partial charge in [0.25, 0.3) is 15.7 Å². The van der Waals surface area contributed by atoms with Crippen molar-refractivity contribution in [2.75, 3.05) is 5.32 Å². The van der Waals surface area contributed by atoms with Gasteiger partial charge in [0.1, 0.15) is 11.3 Å². The van der Waals surface area contributed by atoms with E-state index in [1.165, 1.54) is 0 Å². The third-order valence-corrected chi connectivity index (χ3v) is 4.61. The highest BCUT2D eigenvalue weighted by Crippen LogP contribution is 2.21. The van der Waals surface area contributed by atoms with Crippen LogP contribution in [0.3, 0.4) is 0 Å². The molecule has 152 valence electrons. The minimum Gasteiger partial charge on any atom is -0.507 e. The molecule has 0 bridgehead atoms. The number of phenols is 1. The van der Waals surface area contributed by atoms with Gasteiger partial charge < -0.3 is 15.5 Å². The van der Waals surface area contributed by atoms with Gasteiger partial charge in [-0.05, 0) is 24.3 Å². The number of sulfonamides is 1. The van der Waals surface area contributed by atoms with E-state index in [4.69, 9.17) is 5.11 Å². The van der Waals surface area contributed by atoms with E-state index in [9.17, 15) is 38.0 Å². The number of hydrazine groups is 1. The molecule has 29 heavy (non-hydrogen) atoms. The molecule has 0 atom stereocenters. The second-order valence-corrected chi connectivity index (χ2v) is 6.98. The first-order valence-electron chi connectivity index (χ1n) is 7.45. The SMILES string of the molecule is O=C(NNS(=O)(=O)c1ccc([N+](=O)[O-])cc1)C(=O)Nc1ccc(C(=O)O)c(O)c1. The van der Waals surface area contributed by atoms with Crippen molar-refractivity contribution in [2.24, 2.45) is 0 Å². The molecule has 0 radical (unpaired) electrons. The molecular formula is C15H12N4O9S. The largest absolute Gasteiger partial charge is 0.507 e. The Morgan fingerprint density at radius 3 is 2.14 bits per heavy atom. The average Bonchev–Trinajstić information content (AvgIpc) is 2.66. The molecule has 13 nitrogen and oxygen atoms in total. The summed E-state index contributed by atoms with van der Waals surface area (Å²) in [6.45, 7) is 0. The van der Waals surface area contributed by atoms with Gasteiger partial charge in [0.15, 0.2) is 0 Å². The highest BCUT2D eigenvalue weighted by atomic mass is 32.2. The van der Waals surface area contributed by atoms with Crippen LogP contribution in [0.2, 0.25) is 0 Å². The molecule has 0 spiro atoms. The summed E-state index contributed by atoms with van der Waals surface area (Å²) in [6.07, 6.45) is 0. The number of carbonyl (C=O) groups is 3. The van der Waals surface area contributed by atoms with Crippen LogP contribution in [0.25, 0.3) is 0 Å². The lowest BCUT2D eigenvalue weighted by atomic mass is 10.2. The summed E-state index contributed by atoms with van der Waals surface area (Å²) >= 11 is 0. The molecule has 14 heteroatoms. The van der Waals surface area contributed by atoms with Crippen LogP contribution in [0.4, 0.5) is 11.4 Å². The second kappa shape index (κ2) is 8.32. The number of non-ortho nitro benzene ring substituents is 1. The molecule has 0 fully saturated rings. The van der Waals surface area contributed by atoms with E-state index in [0.717, 1.165) is 42.5 Å². The standard InChI is InChI=1S/C15H12N4O9S/c20-12-7-8(1-6-11(12)15(23)24)16-13(21)14(22)17-18-29(27,28)10-4-2-9(3-5-10)19(25)26/h1-7,18,20H,(H,16,21)(H,17,22)(H,23,24). The summed E-state index contributed by atoms with van der Waals surface area (Å²) < 4.78 is 24.1. The zero-order valence-electron chi connectivity index (χ0n) is 14.1. The summed E-state index contributed by atoms with van der Waals surface area (Å²) in [5, 5.41) is 30.9. The van der Waals surface area contributed by atoms with Crippen molar-refractivity contribution in [1.29, 1.82) is 0 Å². The van der Waals surface area contributed by atoms with E-state index in [1.807, 2.05) is 5.32 Å². The van der Waals surface area contributed by atoms with Gasteiger partial charge in [-0.1, -0.05) is 0 Å². The van der Waals surface area contributed by atoms with Crippen LogP contribution in [0.1, 0.15) is 10.4 Å². The Hall–Kier alpha value is -4.04. The summed E-state index contributed by atoms with van der Waals surface area (Å²) in [5.74, 6) is -4.80. The molecule has 5 N–H and O–H groups in total. The van der Waals surface area contributed by atoms with Gasteiger partial charge >= 0.3 is 17.8 Å². The fraction of sp³-hybridized carbons (Fsp3) is 0. The van der Waals surface area contributed by atoms with Crippen molar-refractivity contribution in [3.63, 3.8) is 0 Å². The monoisotopic (exact) mass is 424 g/mol. The van der Waals surface area contributed by atoms with Crippen molar-refractivity contribution < 1.29 is 37.9 Å². The minimum atomic E-state index is -4.32. The van der Waals surface area contributed by atoms with Gasteiger partial charge in [0, 0.05) is 23.9 Å². The first-order chi connectivity index (χ1) is 13.5. The Labute approximate surface area is 162 Å². The maximum Gasteiger partial charge on any atom is 0.339 e. The van der Waals surface area contributed by atoms with Crippen LogP contribution in [-0.2, 0) is 19.6 Å². The normalized spacial score (nSPS) is 10.8. The number of carboxylic acid groups (broad SMARTS) is 1. The van der Waals surface area contributed by atoms with Crippen LogP contribution in [0.15, 0.2) is 47.4 Å². The van der Waals surface area contributed by atoms with E-state index in [0.29, 0.717) is 0 Å². The van der Waals surface area contributed by atoms with Crippen LogP contribution >= 0.6 is 0 Å². The number of aromatic carboxylic acids is 1. The predicted molar refractivity (Wildman–Crippen MR) is 95.3 cm³/mol. The third kappa shape index (κ3) is 5.24. The molecule has 0 unspecified atom stereocenters. The number of nitro groups is 1. The molecule has 0 aliphatic rings. The summed E-state index contributed by atoms with van der Waals surface area (Å²) in [4.78, 5) is 45.4. The number of carboxylic acids is 1. The Bertz CT molecular complexity index is 1100. The van der Waals surface area contributed by atoms with Gasteiger partial charge in [-0.3, -0.25) is 25.1 Å². The van der Waals surface area contributed by atoms with Crippen molar-refractivity contribution in [2.45, 2.75) is 4.90 Å². The minimum absolute atomic E-state index is 0.120. The van der Waals surface area contributed by atoms with Gasteiger partial charge in [-0.15, -0.1) is 4.83 Å². The smallest absolute Gasteiger partial charge is 0.339 e. The average molecular weight is 424 g/mol. The number of hydrogen-bond donors (Lipinski definition) is 5. The Balaban J connectivity index is 2.00. The van der Waals surface area contributed by atoms with E-state index < -0.39 is 48.9 Å². The zero-order chi connectivity index (χ0) is 21.8. The van der Waals surface area contributed by atoms with Gasteiger partial charge in [0.2, 0.25) is 0 Å². The van der Waals surface area contributed by atoms with E-state index in [-0.39, 0.29) is 11.4 Å². The van der Waals surface area contributed by atoms with Gasteiger partial charge in [0.05, 0.1) is 9.82 Å². The molecule has 2 rings (SSSR count). The molecule has 0 saturated carbocycles. The molecule has 0 saturated heterocycles. The topological polar surface area (TPSA) is 205 Å². The Kier molecular flexibility index (Phi) is 6.10. The third-order valence-electron chi connectivity index (χ3n) is 3.35. The molecule has 2 aromatic carbocycles. The lowest BCUT2D eigenvalue weighted by Gasteiger charge is -2.09. The fourth-order valence-electron chi connectivity index (χ4n) is 1.95. The maximum atomic E-state index is 12.0. The molecular weight excluding hydrogens is 412 g/mol. The van der Waals surface area contributed by atoms with Crippen LogP contribution in [-0.4, -0.2) is 41.3 Å². The van der Waals surface area contributed by atoms with E-state index in [2.05, 4.69) is 0 Å². The first-order valence-corrected chi connectivity index (χ1v) is 8.93. The predicted octanol–water partition coefficient (Wildman–Crippen LogP) is -0.0532. The van der Waals surface area contributed by atoms with E-state index >= 15 is 0 Å². The first kappa shape index (κ1) is 21.3. The van der Waals surface area contributed by atoms with E-state index in [1.54, 1.807) is 10.3 Å². The number of anilines is 1. The Morgan fingerprint density at radius 2 is 1.62 bits per heavy atom. The summed E-state index contributed by atoms with van der Waals surface area (Å²) in [6, 6.07) is 6.72. The lowest BCUT2D eigenvalue weighted by Crippen LogP contribution is -2.46. The quantitative estimate of drug-likeness (QED) is 0.239. The number of nitrogens with zero attached hydrogens (tertiary/aromatic N) is 1. The molecule has 0 aliphatic carbocycles. The molecule has 0 heterocycles. The van der Waals surface area contributed by atoms with Crippen LogP contribution in [0.5, 0.6) is 5.75 Å². The van der Waals surface area contributed by atoms with Crippen molar-refractivity contribution in [1.82, 2.24) is 10.3 Å². The summed E-state index contributed by atoms with van der Waals surface area (Å²) in [7, 11) is -4.32. The number of rotatable bonds is 6. The molecule has 2 aromatic rings. The maximum absolute atomic E-state index is 12.0. The number of hydrogen-bond acceptors (Lipinski definition) is 8. The Morgan fingerprint density at radius 1 is 1.00 bits per heavy atom. The van der Waals surface area contributed by atoms with Crippen molar-refractivity contribution in [3.8, 4) is 5.75 Å². The number of nitro benzene ring substituents is 1. The highest BCUT2D eigenvalue weighted by Gasteiger charge is 2.20. The van der Waals surface area contributed by atoms with Gasteiger partial charge in [-0.2, -0.15) is 0 Å². The second-order valence-electron chi connectivity index (χ2n) is 5.30. The fourth-order valence-corrected chi connectivity index (χ4v) is 2.79. The summed E-state index contributed by atoms with van der Waals surface area (Å²) in [5.41, 5.74) is 0.754. The highest BCUT2D eigenvalue weighted by molar-refractivity contribution is 7.89. The molecule has 0 aromatic heterocycles. The number of nitrogens with one attached hydrogen (secondary N) is 3.